The maximum Gasteiger partial charge on any atom is 0.159 e. The van der Waals surface area contributed by atoms with E-state index in [1.807, 2.05) is 0 Å². The maximum atomic E-state index is 7.01. The van der Waals surface area contributed by atoms with Crippen LogP contribution in [0.2, 0.25) is 0 Å². The first kappa shape index (κ1) is 22.6. The molecule has 7 aromatic carbocycles. The molecule has 8 aromatic rings. The zero-order valence-electron chi connectivity index (χ0n) is 21.8. The van der Waals surface area contributed by atoms with Gasteiger partial charge in [0.25, 0.3) is 0 Å². The van der Waals surface area contributed by atoms with Crippen LogP contribution in [0.4, 0.5) is 17.1 Å². The molecule has 0 aliphatic carbocycles. The van der Waals surface area contributed by atoms with E-state index in [4.69, 9.17) is 4.42 Å². The molecule has 1 heterocycles. The van der Waals surface area contributed by atoms with E-state index < -0.39 is 0 Å². The third-order valence-electron chi connectivity index (χ3n) is 7.82. The molecule has 40 heavy (non-hydrogen) atoms. The van der Waals surface area contributed by atoms with Gasteiger partial charge < -0.3 is 9.32 Å². The largest absolute Gasteiger partial charge is 0.453 e. The minimum atomic E-state index is 0.877. The van der Waals surface area contributed by atoms with Crippen molar-refractivity contribution in [2.45, 2.75) is 0 Å². The van der Waals surface area contributed by atoms with Crippen molar-refractivity contribution in [2.75, 3.05) is 4.90 Å². The van der Waals surface area contributed by atoms with Crippen LogP contribution in [0.3, 0.4) is 0 Å². The van der Waals surface area contributed by atoms with E-state index in [0.29, 0.717) is 0 Å². The van der Waals surface area contributed by atoms with Crippen LogP contribution in [-0.2, 0) is 0 Å². The number of furan rings is 1. The normalized spacial score (nSPS) is 11.5. The van der Waals surface area contributed by atoms with Crippen molar-refractivity contribution in [3.63, 3.8) is 0 Å². The van der Waals surface area contributed by atoms with Gasteiger partial charge in [-0.15, -0.1) is 0 Å². The summed E-state index contributed by atoms with van der Waals surface area (Å²) in [6.45, 7) is 0. The molecule has 0 bridgehead atoms. The first-order chi connectivity index (χ1) is 19.9. The van der Waals surface area contributed by atoms with Gasteiger partial charge in [0, 0.05) is 27.7 Å². The summed E-state index contributed by atoms with van der Waals surface area (Å²) < 4.78 is 7.01. The van der Waals surface area contributed by atoms with Gasteiger partial charge in [0.1, 0.15) is 5.58 Å². The predicted molar refractivity (Wildman–Crippen MR) is 169 cm³/mol. The SMILES string of the molecule is c1ccc(N(c2ccccc2)c2cccc3c2oc2c(-c4cccc5ccccc45)c4ccccc4cc23)cc1. The molecule has 0 N–H and O–H groups in total. The predicted octanol–water partition coefficient (Wildman–Crippen LogP) is 11.0. The Morgan fingerprint density at radius 3 is 1.73 bits per heavy atom. The summed E-state index contributed by atoms with van der Waals surface area (Å²) in [5.74, 6) is 0. The molecule has 0 amide bonds. The molecule has 0 fully saturated rings. The summed E-state index contributed by atoms with van der Waals surface area (Å²) in [5, 5.41) is 7.07. The molecule has 0 aliphatic heterocycles. The summed E-state index contributed by atoms with van der Waals surface area (Å²) in [5.41, 5.74) is 7.29. The van der Waals surface area contributed by atoms with Crippen LogP contribution in [0, 0.1) is 0 Å². The van der Waals surface area contributed by atoms with Crippen LogP contribution in [0.5, 0.6) is 0 Å². The second-order valence-corrected chi connectivity index (χ2v) is 10.1. The molecule has 2 nitrogen and oxygen atoms in total. The van der Waals surface area contributed by atoms with Crippen molar-refractivity contribution in [3.05, 3.63) is 152 Å². The number of anilines is 3. The number of benzene rings is 7. The number of fused-ring (bicyclic) bond motifs is 5. The lowest BCUT2D eigenvalue weighted by molar-refractivity contribution is 0.670. The molecule has 0 saturated heterocycles. The van der Waals surface area contributed by atoms with Gasteiger partial charge in [-0.1, -0.05) is 115 Å². The van der Waals surface area contributed by atoms with Gasteiger partial charge in [0.05, 0.1) is 5.69 Å². The van der Waals surface area contributed by atoms with Crippen LogP contribution in [0.1, 0.15) is 0 Å². The summed E-state index contributed by atoms with van der Waals surface area (Å²) in [7, 11) is 0. The minimum Gasteiger partial charge on any atom is -0.453 e. The Morgan fingerprint density at radius 2 is 0.975 bits per heavy atom. The second-order valence-electron chi connectivity index (χ2n) is 10.1. The monoisotopic (exact) mass is 511 g/mol. The molecular weight excluding hydrogens is 486 g/mol. The Labute approximate surface area is 232 Å². The molecule has 0 radical (unpaired) electrons. The van der Waals surface area contributed by atoms with Gasteiger partial charge in [-0.3, -0.25) is 0 Å². The quantitative estimate of drug-likeness (QED) is 0.234. The van der Waals surface area contributed by atoms with Gasteiger partial charge in [-0.2, -0.15) is 0 Å². The van der Waals surface area contributed by atoms with E-state index in [-0.39, 0.29) is 0 Å². The van der Waals surface area contributed by atoms with Crippen molar-refractivity contribution in [1.29, 1.82) is 0 Å². The van der Waals surface area contributed by atoms with Crippen molar-refractivity contribution in [1.82, 2.24) is 0 Å². The molecule has 1 aromatic heterocycles. The molecule has 8 rings (SSSR count). The van der Waals surface area contributed by atoms with Gasteiger partial charge in [0.2, 0.25) is 0 Å². The molecule has 0 saturated carbocycles. The lowest BCUT2D eigenvalue weighted by Gasteiger charge is -2.25. The Bertz CT molecular complexity index is 2120. The maximum absolute atomic E-state index is 7.01. The second kappa shape index (κ2) is 9.14. The number of rotatable bonds is 4. The highest BCUT2D eigenvalue weighted by Crippen LogP contribution is 2.46. The van der Waals surface area contributed by atoms with Gasteiger partial charge in [-0.05, 0) is 63.5 Å². The standard InChI is InChI=1S/C38H25NO/c1-3-16-28(17-4-1)39(29-18-5-2-6-19-29)35-24-12-23-33-34-25-27-14-8-10-21-31(27)36(38(34)40-37(33)35)32-22-11-15-26-13-7-9-20-30(26)32/h1-25H. The molecule has 188 valence electrons. The minimum absolute atomic E-state index is 0.877. The molecule has 0 atom stereocenters. The van der Waals surface area contributed by atoms with Crippen molar-refractivity contribution >= 4 is 60.5 Å². The number of hydrogen-bond acceptors (Lipinski definition) is 2. The average Bonchev–Trinajstić information content (AvgIpc) is 3.40. The zero-order valence-corrected chi connectivity index (χ0v) is 21.8. The smallest absolute Gasteiger partial charge is 0.159 e. The van der Waals surface area contributed by atoms with Crippen molar-refractivity contribution in [3.8, 4) is 11.1 Å². The fraction of sp³-hybridized carbons (Fsp3) is 0. The molecule has 0 aliphatic rings. The van der Waals surface area contributed by atoms with E-state index in [1.54, 1.807) is 0 Å². The molecule has 0 unspecified atom stereocenters. The third-order valence-corrected chi connectivity index (χ3v) is 7.82. The first-order valence-corrected chi connectivity index (χ1v) is 13.6. The van der Waals surface area contributed by atoms with E-state index in [9.17, 15) is 0 Å². The summed E-state index contributed by atoms with van der Waals surface area (Å²) >= 11 is 0. The molecule has 2 heteroatoms. The summed E-state index contributed by atoms with van der Waals surface area (Å²) in [6.07, 6.45) is 0. The highest BCUT2D eigenvalue weighted by molar-refractivity contribution is 6.22. The number of hydrogen-bond donors (Lipinski definition) is 0. The first-order valence-electron chi connectivity index (χ1n) is 13.6. The Hall–Kier alpha value is -5.34. The highest BCUT2D eigenvalue weighted by Gasteiger charge is 2.22. The number of nitrogens with zero attached hydrogens (tertiary/aromatic N) is 1. The Kier molecular flexibility index (Phi) is 5.17. The van der Waals surface area contributed by atoms with Crippen LogP contribution in [0.25, 0.3) is 54.6 Å². The summed E-state index contributed by atoms with van der Waals surface area (Å²) in [4.78, 5) is 2.28. The lowest BCUT2D eigenvalue weighted by atomic mass is 9.92. The van der Waals surface area contributed by atoms with E-state index >= 15 is 0 Å². The van der Waals surface area contributed by atoms with Crippen molar-refractivity contribution in [2.24, 2.45) is 0 Å². The lowest BCUT2D eigenvalue weighted by Crippen LogP contribution is -2.09. The van der Waals surface area contributed by atoms with Gasteiger partial charge >= 0.3 is 0 Å². The van der Waals surface area contributed by atoms with Crippen LogP contribution < -0.4 is 4.90 Å². The van der Waals surface area contributed by atoms with Gasteiger partial charge in [-0.25, -0.2) is 0 Å². The zero-order chi connectivity index (χ0) is 26.5. The van der Waals surface area contributed by atoms with E-state index in [1.165, 1.54) is 27.1 Å². The molecule has 0 spiro atoms. The highest BCUT2D eigenvalue weighted by atomic mass is 16.3. The average molecular weight is 512 g/mol. The Morgan fingerprint density at radius 1 is 0.400 bits per heavy atom. The van der Waals surface area contributed by atoms with E-state index in [0.717, 1.165) is 44.6 Å². The van der Waals surface area contributed by atoms with Gasteiger partial charge in [0.15, 0.2) is 5.58 Å². The van der Waals surface area contributed by atoms with Crippen molar-refractivity contribution < 1.29 is 4.42 Å². The Balaban J connectivity index is 1.50. The molecular formula is C38H25NO. The summed E-state index contributed by atoms with van der Waals surface area (Å²) in [6, 6.07) is 53.5. The van der Waals surface area contributed by atoms with Crippen LogP contribution >= 0.6 is 0 Å². The van der Waals surface area contributed by atoms with Crippen LogP contribution in [0.15, 0.2) is 156 Å². The van der Waals surface area contributed by atoms with Crippen LogP contribution in [-0.4, -0.2) is 0 Å². The fourth-order valence-corrected chi connectivity index (χ4v) is 6.05. The van der Waals surface area contributed by atoms with E-state index in [2.05, 4.69) is 157 Å². The topological polar surface area (TPSA) is 16.4 Å². The third kappa shape index (κ3) is 3.50. The number of para-hydroxylation sites is 3. The fourth-order valence-electron chi connectivity index (χ4n) is 6.05.